The summed E-state index contributed by atoms with van der Waals surface area (Å²) in [6, 6.07) is 13.2. The van der Waals surface area contributed by atoms with Crippen LogP contribution in [0.4, 0.5) is 0 Å². The van der Waals surface area contributed by atoms with E-state index < -0.39 is 6.10 Å². The summed E-state index contributed by atoms with van der Waals surface area (Å²) >= 11 is 1.28. The van der Waals surface area contributed by atoms with E-state index >= 15 is 0 Å². The molecule has 5 rings (SSSR count). The largest absolute Gasteiger partial charge is 0.490 e. The second-order valence-corrected chi connectivity index (χ2v) is 9.15. The fraction of sp³-hybridized carbons (Fsp3) is 0.346. The van der Waals surface area contributed by atoms with Crippen molar-refractivity contribution in [3.8, 4) is 23.0 Å². The molecule has 0 fully saturated rings. The van der Waals surface area contributed by atoms with Gasteiger partial charge in [-0.2, -0.15) is 9.50 Å². The molecule has 0 radical (unpaired) electrons. The number of aromatic nitrogens is 3. The van der Waals surface area contributed by atoms with Crippen molar-refractivity contribution >= 4 is 22.4 Å². The zero-order valence-corrected chi connectivity index (χ0v) is 20.5. The summed E-state index contributed by atoms with van der Waals surface area (Å²) in [5.74, 6) is 3.14. The van der Waals surface area contributed by atoms with Crippen molar-refractivity contribution in [2.75, 3.05) is 19.8 Å². The number of para-hydroxylation sites is 2. The van der Waals surface area contributed by atoms with E-state index in [1.54, 1.807) is 0 Å². The predicted molar refractivity (Wildman–Crippen MR) is 134 cm³/mol. The highest BCUT2D eigenvalue weighted by Crippen LogP contribution is 2.35. The first-order valence-electron chi connectivity index (χ1n) is 11.9. The molecule has 0 bridgehead atoms. The van der Waals surface area contributed by atoms with Crippen molar-refractivity contribution in [3.63, 3.8) is 0 Å². The van der Waals surface area contributed by atoms with Gasteiger partial charge in [-0.05, 0) is 49.2 Å². The Morgan fingerprint density at radius 3 is 2.77 bits per heavy atom. The SMILES string of the molecule is CCCCCOc1ccc(/C=c2/sc3nc([C@H]4COc5ccccc5O4)nn3c2=O)cc1OCC. The zero-order valence-electron chi connectivity index (χ0n) is 19.7. The number of hydrogen-bond donors (Lipinski definition) is 0. The Kier molecular flexibility index (Phi) is 6.85. The minimum atomic E-state index is -0.470. The summed E-state index contributed by atoms with van der Waals surface area (Å²) in [7, 11) is 0. The molecule has 1 atom stereocenters. The number of thiazole rings is 1. The third-order valence-corrected chi connectivity index (χ3v) is 6.52. The molecule has 1 aliphatic heterocycles. The van der Waals surface area contributed by atoms with Crippen LogP contribution in [0.2, 0.25) is 0 Å². The highest BCUT2D eigenvalue weighted by molar-refractivity contribution is 7.15. The van der Waals surface area contributed by atoms with Crippen molar-refractivity contribution < 1.29 is 18.9 Å². The highest BCUT2D eigenvalue weighted by Gasteiger charge is 2.27. The molecule has 1 aliphatic rings. The topological polar surface area (TPSA) is 84.2 Å². The van der Waals surface area contributed by atoms with E-state index in [0.717, 1.165) is 24.8 Å². The lowest BCUT2D eigenvalue weighted by Crippen LogP contribution is -2.26. The first kappa shape index (κ1) is 23.2. The number of benzene rings is 2. The van der Waals surface area contributed by atoms with Gasteiger partial charge in [0.25, 0.3) is 5.56 Å². The molecule has 0 amide bonds. The van der Waals surface area contributed by atoms with Gasteiger partial charge in [0.2, 0.25) is 4.96 Å². The second-order valence-electron chi connectivity index (χ2n) is 8.14. The van der Waals surface area contributed by atoms with E-state index in [2.05, 4.69) is 17.0 Å². The normalized spacial score (nSPS) is 15.5. The quantitative estimate of drug-likeness (QED) is 0.324. The lowest BCUT2D eigenvalue weighted by atomic mass is 10.2. The molecule has 0 spiro atoms. The molecule has 0 aliphatic carbocycles. The van der Waals surface area contributed by atoms with Crippen LogP contribution in [0.15, 0.2) is 47.3 Å². The number of hydrogen-bond acceptors (Lipinski definition) is 8. The average Bonchev–Trinajstić information content (AvgIpc) is 3.42. The van der Waals surface area contributed by atoms with Gasteiger partial charge in [0.1, 0.15) is 6.61 Å². The van der Waals surface area contributed by atoms with Crippen molar-refractivity contribution in [2.45, 2.75) is 39.2 Å². The Hall–Kier alpha value is -3.59. The molecule has 2 aromatic carbocycles. The molecule has 0 N–H and O–H groups in total. The minimum Gasteiger partial charge on any atom is -0.490 e. The summed E-state index contributed by atoms with van der Waals surface area (Å²) in [5, 5.41) is 4.41. The van der Waals surface area contributed by atoms with E-state index in [1.165, 1.54) is 15.9 Å². The molecule has 182 valence electrons. The van der Waals surface area contributed by atoms with Gasteiger partial charge in [0.05, 0.1) is 17.7 Å². The van der Waals surface area contributed by atoms with Gasteiger partial charge in [-0.3, -0.25) is 4.79 Å². The summed E-state index contributed by atoms with van der Waals surface area (Å²) in [6.45, 7) is 5.56. The van der Waals surface area contributed by atoms with Crippen molar-refractivity contribution in [1.29, 1.82) is 0 Å². The molecular weight excluding hydrogens is 466 g/mol. The first-order chi connectivity index (χ1) is 17.2. The van der Waals surface area contributed by atoms with Crippen LogP contribution in [-0.2, 0) is 0 Å². The third kappa shape index (κ3) is 4.95. The van der Waals surface area contributed by atoms with Crippen LogP contribution in [0.25, 0.3) is 11.0 Å². The van der Waals surface area contributed by atoms with E-state index in [4.69, 9.17) is 18.9 Å². The van der Waals surface area contributed by atoms with Crippen LogP contribution >= 0.6 is 11.3 Å². The summed E-state index contributed by atoms with van der Waals surface area (Å²) in [4.78, 5) is 18.1. The van der Waals surface area contributed by atoms with Crippen LogP contribution in [-0.4, -0.2) is 34.4 Å². The zero-order chi connectivity index (χ0) is 24.2. The van der Waals surface area contributed by atoms with Gasteiger partial charge in [0, 0.05) is 0 Å². The Morgan fingerprint density at radius 2 is 1.97 bits per heavy atom. The number of nitrogens with zero attached hydrogens (tertiary/aromatic N) is 3. The Morgan fingerprint density at radius 1 is 1.11 bits per heavy atom. The molecule has 4 aromatic rings. The Bertz CT molecular complexity index is 1430. The third-order valence-electron chi connectivity index (χ3n) is 5.57. The fourth-order valence-electron chi connectivity index (χ4n) is 3.82. The maximum Gasteiger partial charge on any atom is 0.291 e. The lowest BCUT2D eigenvalue weighted by Gasteiger charge is -2.24. The van der Waals surface area contributed by atoms with Crippen molar-refractivity contribution in [3.05, 3.63) is 68.7 Å². The number of ether oxygens (including phenoxy) is 4. The van der Waals surface area contributed by atoms with Crippen LogP contribution in [0, 0.1) is 0 Å². The Balaban J connectivity index is 1.38. The maximum atomic E-state index is 13.0. The predicted octanol–water partition coefficient (Wildman–Crippen LogP) is 4.18. The summed E-state index contributed by atoms with van der Waals surface area (Å²) in [6.07, 6.45) is 4.63. The van der Waals surface area contributed by atoms with Gasteiger partial charge in [-0.25, -0.2) is 0 Å². The minimum absolute atomic E-state index is 0.223. The molecule has 35 heavy (non-hydrogen) atoms. The fourth-order valence-corrected chi connectivity index (χ4v) is 4.73. The van der Waals surface area contributed by atoms with Gasteiger partial charge in [-0.15, -0.1) is 5.10 Å². The lowest BCUT2D eigenvalue weighted by molar-refractivity contribution is 0.0852. The highest BCUT2D eigenvalue weighted by atomic mass is 32.1. The molecule has 2 aromatic heterocycles. The molecule has 0 unspecified atom stereocenters. The Labute approximate surface area is 206 Å². The first-order valence-corrected chi connectivity index (χ1v) is 12.7. The molecule has 9 heteroatoms. The van der Waals surface area contributed by atoms with E-state index in [-0.39, 0.29) is 12.2 Å². The number of rotatable bonds is 9. The molecule has 3 heterocycles. The van der Waals surface area contributed by atoms with Crippen LogP contribution < -0.4 is 29.0 Å². The van der Waals surface area contributed by atoms with Crippen molar-refractivity contribution in [1.82, 2.24) is 14.6 Å². The maximum absolute atomic E-state index is 13.0. The smallest absolute Gasteiger partial charge is 0.291 e. The average molecular weight is 494 g/mol. The van der Waals surface area contributed by atoms with Gasteiger partial charge in [-0.1, -0.05) is 49.3 Å². The van der Waals surface area contributed by atoms with Crippen LogP contribution in [0.3, 0.4) is 0 Å². The van der Waals surface area contributed by atoms with E-state index in [0.29, 0.717) is 51.5 Å². The molecular formula is C26H27N3O5S. The van der Waals surface area contributed by atoms with E-state index in [1.807, 2.05) is 55.5 Å². The standard InChI is InChI=1S/C26H27N3O5S/c1-3-5-8-13-32-19-12-11-17(14-21(19)31-4-2)15-23-25(30)29-26(35-23)27-24(28-29)22-16-33-18-9-6-7-10-20(18)34-22/h6-7,9-12,14-15,22H,3-5,8,13,16H2,1-2H3/b23-15+/t22-/m1/s1. The van der Waals surface area contributed by atoms with Gasteiger partial charge < -0.3 is 18.9 Å². The summed E-state index contributed by atoms with van der Waals surface area (Å²) < 4.78 is 25.3. The van der Waals surface area contributed by atoms with E-state index in [9.17, 15) is 4.79 Å². The second kappa shape index (κ2) is 10.4. The monoisotopic (exact) mass is 493 g/mol. The molecule has 8 nitrogen and oxygen atoms in total. The number of unbranched alkanes of at least 4 members (excludes halogenated alkanes) is 2. The van der Waals surface area contributed by atoms with Gasteiger partial charge >= 0.3 is 0 Å². The van der Waals surface area contributed by atoms with Crippen LogP contribution in [0.1, 0.15) is 50.6 Å². The van der Waals surface area contributed by atoms with Gasteiger partial charge in [0.15, 0.2) is 34.9 Å². The summed E-state index contributed by atoms with van der Waals surface area (Å²) in [5.41, 5.74) is 0.621. The molecule has 0 saturated carbocycles. The molecule has 0 saturated heterocycles. The van der Waals surface area contributed by atoms with Crippen LogP contribution in [0.5, 0.6) is 23.0 Å². The number of fused-ring (bicyclic) bond motifs is 2. The van der Waals surface area contributed by atoms with Crippen molar-refractivity contribution in [2.24, 2.45) is 0 Å².